The van der Waals surface area contributed by atoms with E-state index in [0.717, 1.165) is 12.0 Å². The highest BCUT2D eigenvalue weighted by Crippen LogP contribution is 2.21. The largest absolute Gasteiger partial charge is 0.490 e. The molecule has 1 aliphatic heterocycles. The van der Waals surface area contributed by atoms with Gasteiger partial charge >= 0.3 is 12.1 Å². The predicted molar refractivity (Wildman–Crippen MR) is 122 cm³/mol. The van der Waals surface area contributed by atoms with E-state index in [1.54, 1.807) is 18.9 Å². The summed E-state index contributed by atoms with van der Waals surface area (Å²) in [5.41, 5.74) is 1.01. The number of carbonyl (C=O) groups excluding carboxylic acids is 3. The quantitative estimate of drug-likeness (QED) is 0.428. The van der Waals surface area contributed by atoms with Crippen molar-refractivity contribution in [1.29, 1.82) is 0 Å². The fourth-order valence-electron chi connectivity index (χ4n) is 3.31. The number of nitrogens with one attached hydrogen (secondary N) is 3. The van der Waals surface area contributed by atoms with Crippen LogP contribution in [-0.2, 0) is 25.7 Å². The van der Waals surface area contributed by atoms with Gasteiger partial charge in [0.05, 0.1) is 6.04 Å². The van der Waals surface area contributed by atoms with Crippen LogP contribution in [0.4, 0.5) is 13.2 Å². The van der Waals surface area contributed by atoms with Crippen molar-refractivity contribution in [2.45, 2.75) is 64.5 Å². The topological polar surface area (TPSA) is 128 Å². The van der Waals surface area contributed by atoms with Gasteiger partial charge in [-0.25, -0.2) is 4.79 Å². The Balaban J connectivity index is 0.000000762. The molecule has 35 heavy (non-hydrogen) atoms. The van der Waals surface area contributed by atoms with Crippen LogP contribution in [0.3, 0.4) is 0 Å². The first-order valence-corrected chi connectivity index (χ1v) is 11.2. The zero-order chi connectivity index (χ0) is 26.8. The Kier molecular flexibility index (Phi) is 11.7. The van der Waals surface area contributed by atoms with Crippen LogP contribution in [-0.4, -0.2) is 71.6 Å². The Morgan fingerprint density at radius 2 is 1.69 bits per heavy atom. The van der Waals surface area contributed by atoms with E-state index in [2.05, 4.69) is 16.0 Å². The molecule has 12 heteroatoms. The Bertz CT molecular complexity index is 864. The number of amides is 3. The van der Waals surface area contributed by atoms with Gasteiger partial charge in [0.2, 0.25) is 17.7 Å². The number of likely N-dealkylation sites (N-methyl/N-ethyl adjacent to an activating group) is 1. The molecule has 2 rings (SSSR count). The van der Waals surface area contributed by atoms with Crippen LogP contribution in [0.15, 0.2) is 30.3 Å². The fraction of sp³-hybridized carbons (Fsp3) is 0.565. The van der Waals surface area contributed by atoms with Crippen molar-refractivity contribution in [3.8, 4) is 0 Å². The van der Waals surface area contributed by atoms with Gasteiger partial charge in [-0.1, -0.05) is 44.2 Å². The van der Waals surface area contributed by atoms with Gasteiger partial charge in [0.15, 0.2) is 0 Å². The van der Waals surface area contributed by atoms with E-state index in [1.807, 2.05) is 44.2 Å². The summed E-state index contributed by atoms with van der Waals surface area (Å²) in [6.07, 6.45) is -3.67. The van der Waals surface area contributed by atoms with Crippen LogP contribution in [0.25, 0.3) is 0 Å². The summed E-state index contributed by atoms with van der Waals surface area (Å²) in [5.74, 6) is -3.39. The highest BCUT2D eigenvalue weighted by molar-refractivity contribution is 5.93. The molecule has 0 saturated carbocycles. The number of carbonyl (C=O) groups is 4. The summed E-state index contributed by atoms with van der Waals surface area (Å²) in [7, 11) is 1.70. The first kappa shape index (κ1) is 29.9. The number of carboxylic acids is 1. The van der Waals surface area contributed by atoms with Crippen LogP contribution in [0.1, 0.15) is 39.2 Å². The second kappa shape index (κ2) is 13.7. The fourth-order valence-corrected chi connectivity index (χ4v) is 3.31. The maximum absolute atomic E-state index is 13.1. The van der Waals surface area contributed by atoms with Crippen molar-refractivity contribution >= 4 is 23.7 Å². The van der Waals surface area contributed by atoms with Gasteiger partial charge in [-0.05, 0) is 38.3 Å². The molecule has 0 aromatic heterocycles. The first-order valence-electron chi connectivity index (χ1n) is 11.2. The van der Waals surface area contributed by atoms with Crippen molar-refractivity contribution in [2.75, 3.05) is 13.6 Å². The lowest BCUT2D eigenvalue weighted by Gasteiger charge is -2.31. The van der Waals surface area contributed by atoms with Crippen molar-refractivity contribution in [3.63, 3.8) is 0 Å². The second-order valence-electron chi connectivity index (χ2n) is 8.44. The molecule has 1 heterocycles. The van der Waals surface area contributed by atoms with Crippen LogP contribution in [0, 0.1) is 5.92 Å². The molecule has 3 amide bonds. The maximum atomic E-state index is 13.1. The molecule has 1 aromatic carbocycles. The lowest BCUT2D eigenvalue weighted by molar-refractivity contribution is -0.192. The van der Waals surface area contributed by atoms with E-state index in [-0.39, 0.29) is 23.6 Å². The number of benzene rings is 1. The average molecular weight is 503 g/mol. The Morgan fingerprint density at radius 3 is 2.17 bits per heavy atom. The molecule has 0 aliphatic carbocycles. The first-order chi connectivity index (χ1) is 16.3. The Labute approximate surface area is 202 Å². The van der Waals surface area contributed by atoms with E-state index in [9.17, 15) is 27.6 Å². The lowest BCUT2D eigenvalue weighted by Crippen LogP contribution is -2.57. The number of likely N-dealkylation sites (tertiary alicyclic amines) is 1. The number of nitrogens with zero attached hydrogens (tertiary/aromatic N) is 1. The van der Waals surface area contributed by atoms with Gasteiger partial charge in [-0.15, -0.1) is 0 Å². The zero-order valence-electron chi connectivity index (χ0n) is 20.2. The SMILES string of the molecule is CN[C@@H](C)C(=O)N[C@H](C(=O)N1CCC[C@H]1C(=O)NCc1ccccc1)C(C)C.O=C(O)C(F)(F)F. The molecular weight excluding hydrogens is 469 g/mol. The zero-order valence-corrected chi connectivity index (χ0v) is 20.2. The smallest absolute Gasteiger partial charge is 0.475 e. The molecule has 1 saturated heterocycles. The third-order valence-corrected chi connectivity index (χ3v) is 5.45. The molecule has 0 spiro atoms. The summed E-state index contributed by atoms with van der Waals surface area (Å²) in [6, 6.07) is 8.15. The lowest BCUT2D eigenvalue weighted by atomic mass is 10.0. The minimum atomic E-state index is -5.08. The summed E-state index contributed by atoms with van der Waals surface area (Å²) in [6.45, 7) is 6.50. The minimum Gasteiger partial charge on any atom is -0.475 e. The van der Waals surface area contributed by atoms with E-state index in [1.165, 1.54) is 0 Å². The average Bonchev–Trinajstić information content (AvgIpc) is 3.30. The summed E-state index contributed by atoms with van der Waals surface area (Å²) >= 11 is 0. The summed E-state index contributed by atoms with van der Waals surface area (Å²) < 4.78 is 31.7. The number of hydrogen-bond donors (Lipinski definition) is 4. The van der Waals surface area contributed by atoms with E-state index >= 15 is 0 Å². The Hall–Kier alpha value is -3.15. The molecular formula is C23H33F3N4O5. The normalized spacial score (nSPS) is 17.1. The minimum absolute atomic E-state index is 0.0749. The highest BCUT2D eigenvalue weighted by Gasteiger charge is 2.39. The third kappa shape index (κ3) is 9.55. The second-order valence-corrected chi connectivity index (χ2v) is 8.44. The van der Waals surface area contributed by atoms with Gasteiger partial charge in [0.25, 0.3) is 0 Å². The van der Waals surface area contributed by atoms with Gasteiger partial charge in [0, 0.05) is 13.1 Å². The molecule has 1 fully saturated rings. The van der Waals surface area contributed by atoms with Gasteiger partial charge < -0.3 is 26.0 Å². The van der Waals surface area contributed by atoms with E-state index < -0.39 is 30.3 Å². The number of halogens is 3. The van der Waals surface area contributed by atoms with Crippen molar-refractivity contribution in [2.24, 2.45) is 5.92 Å². The number of rotatable bonds is 8. The van der Waals surface area contributed by atoms with Crippen LogP contribution < -0.4 is 16.0 Å². The van der Waals surface area contributed by atoms with Crippen LogP contribution in [0.5, 0.6) is 0 Å². The van der Waals surface area contributed by atoms with Gasteiger partial charge in [0.1, 0.15) is 12.1 Å². The Morgan fingerprint density at radius 1 is 1.11 bits per heavy atom. The van der Waals surface area contributed by atoms with Crippen molar-refractivity contribution in [1.82, 2.24) is 20.9 Å². The maximum Gasteiger partial charge on any atom is 0.490 e. The highest BCUT2D eigenvalue weighted by atomic mass is 19.4. The molecule has 9 nitrogen and oxygen atoms in total. The molecule has 0 unspecified atom stereocenters. The molecule has 0 radical (unpaired) electrons. The summed E-state index contributed by atoms with van der Waals surface area (Å²) in [5, 5.41) is 15.8. The third-order valence-electron chi connectivity index (χ3n) is 5.45. The van der Waals surface area contributed by atoms with E-state index in [4.69, 9.17) is 9.90 Å². The molecule has 1 aliphatic rings. The van der Waals surface area contributed by atoms with Gasteiger partial charge in [-0.3, -0.25) is 14.4 Å². The number of hydrogen-bond acceptors (Lipinski definition) is 5. The van der Waals surface area contributed by atoms with Crippen molar-refractivity contribution < 1.29 is 37.5 Å². The number of alkyl halides is 3. The monoisotopic (exact) mass is 502 g/mol. The molecule has 1 aromatic rings. The van der Waals surface area contributed by atoms with Crippen LogP contribution in [0.2, 0.25) is 0 Å². The van der Waals surface area contributed by atoms with E-state index in [0.29, 0.717) is 19.5 Å². The predicted octanol–water partition coefficient (Wildman–Crippen LogP) is 1.68. The standard InChI is InChI=1S/C21H32N4O3.C2HF3O2/c1-14(2)18(24-19(26)15(3)22-4)21(28)25-12-8-11-17(25)20(27)23-13-16-9-6-5-7-10-16;3-2(4,5)1(6)7/h5-7,9-10,14-15,17-18,22H,8,11-13H2,1-4H3,(H,23,27)(H,24,26);(H,6,7)/t15-,17-,18-;/m0./s1. The van der Waals surface area contributed by atoms with Gasteiger partial charge in [-0.2, -0.15) is 13.2 Å². The summed E-state index contributed by atoms with van der Waals surface area (Å²) in [4.78, 5) is 48.6. The molecule has 0 bridgehead atoms. The van der Waals surface area contributed by atoms with Crippen LogP contribution >= 0.6 is 0 Å². The molecule has 3 atom stereocenters. The van der Waals surface area contributed by atoms with Crippen molar-refractivity contribution in [3.05, 3.63) is 35.9 Å². The molecule has 4 N–H and O–H groups in total. The number of aliphatic carboxylic acids is 1. The molecule has 196 valence electrons. The number of carboxylic acid groups (broad SMARTS) is 1.